The minimum atomic E-state index is -0.0680. The van der Waals surface area contributed by atoms with E-state index in [1.165, 1.54) is 0 Å². The zero-order valence-corrected chi connectivity index (χ0v) is 14.3. The standard InChI is InChI=1S/C17H15BrN2O3/c1-22-15-8-11(7-13(18)16(15)23-2)9-20-10-19-14-6-4-3-5-12(14)17(20)21/h3-8,10H,9H2,1-2H3. The molecule has 0 spiro atoms. The largest absolute Gasteiger partial charge is 0.493 e. The Bertz CT molecular complexity index is 921. The van der Waals surface area contributed by atoms with Crippen LogP contribution >= 0.6 is 15.9 Å². The number of ether oxygens (including phenoxy) is 2. The second-order valence-electron chi connectivity index (χ2n) is 5.01. The van der Waals surface area contributed by atoms with Gasteiger partial charge in [0.1, 0.15) is 0 Å². The highest BCUT2D eigenvalue weighted by atomic mass is 79.9. The number of fused-ring (bicyclic) bond motifs is 1. The minimum Gasteiger partial charge on any atom is -0.493 e. The molecule has 0 fully saturated rings. The molecule has 0 saturated carbocycles. The van der Waals surface area contributed by atoms with Crippen molar-refractivity contribution in [3.8, 4) is 11.5 Å². The molecule has 3 aromatic rings. The average Bonchev–Trinajstić information content (AvgIpc) is 2.57. The van der Waals surface area contributed by atoms with E-state index >= 15 is 0 Å². The lowest BCUT2D eigenvalue weighted by Crippen LogP contribution is -2.21. The second-order valence-corrected chi connectivity index (χ2v) is 5.86. The third-order valence-electron chi connectivity index (χ3n) is 3.58. The maximum Gasteiger partial charge on any atom is 0.261 e. The molecule has 0 unspecified atom stereocenters. The van der Waals surface area contributed by atoms with E-state index in [0.717, 1.165) is 10.0 Å². The third kappa shape index (κ3) is 2.94. The van der Waals surface area contributed by atoms with Gasteiger partial charge in [-0.05, 0) is 45.8 Å². The zero-order chi connectivity index (χ0) is 16.4. The Morgan fingerprint density at radius 1 is 1.17 bits per heavy atom. The fourth-order valence-corrected chi connectivity index (χ4v) is 3.13. The summed E-state index contributed by atoms with van der Waals surface area (Å²) in [6.45, 7) is 0.398. The monoisotopic (exact) mass is 374 g/mol. The normalized spacial score (nSPS) is 10.7. The van der Waals surface area contributed by atoms with Crippen molar-refractivity contribution in [2.75, 3.05) is 14.2 Å². The Balaban J connectivity index is 2.04. The van der Waals surface area contributed by atoms with Gasteiger partial charge in [-0.15, -0.1) is 0 Å². The van der Waals surface area contributed by atoms with Gasteiger partial charge in [0.15, 0.2) is 11.5 Å². The number of methoxy groups -OCH3 is 2. The van der Waals surface area contributed by atoms with Crippen LogP contribution in [-0.4, -0.2) is 23.8 Å². The summed E-state index contributed by atoms with van der Waals surface area (Å²) in [6, 6.07) is 11.1. The summed E-state index contributed by atoms with van der Waals surface area (Å²) in [6.07, 6.45) is 1.56. The number of aromatic nitrogens is 2. The van der Waals surface area contributed by atoms with Crippen molar-refractivity contribution in [2.45, 2.75) is 6.54 Å². The Morgan fingerprint density at radius 3 is 2.70 bits per heavy atom. The molecule has 3 rings (SSSR count). The lowest BCUT2D eigenvalue weighted by Gasteiger charge is -2.13. The SMILES string of the molecule is COc1cc(Cn2cnc3ccccc3c2=O)cc(Br)c1OC. The fourth-order valence-electron chi connectivity index (χ4n) is 2.48. The zero-order valence-electron chi connectivity index (χ0n) is 12.7. The third-order valence-corrected chi connectivity index (χ3v) is 4.17. The van der Waals surface area contributed by atoms with E-state index in [9.17, 15) is 4.79 Å². The van der Waals surface area contributed by atoms with E-state index in [1.54, 1.807) is 31.2 Å². The molecular formula is C17H15BrN2O3. The number of halogens is 1. The molecular weight excluding hydrogens is 360 g/mol. The molecule has 0 bridgehead atoms. The highest BCUT2D eigenvalue weighted by Gasteiger charge is 2.12. The number of hydrogen-bond acceptors (Lipinski definition) is 4. The molecule has 0 N–H and O–H groups in total. The van der Waals surface area contributed by atoms with Crippen LogP contribution in [0.4, 0.5) is 0 Å². The van der Waals surface area contributed by atoms with Crippen molar-refractivity contribution in [3.05, 3.63) is 63.1 Å². The lowest BCUT2D eigenvalue weighted by atomic mass is 10.2. The van der Waals surface area contributed by atoms with E-state index in [1.807, 2.05) is 30.3 Å². The summed E-state index contributed by atoms with van der Waals surface area (Å²) in [4.78, 5) is 16.9. The summed E-state index contributed by atoms with van der Waals surface area (Å²) in [5.74, 6) is 1.24. The van der Waals surface area contributed by atoms with Gasteiger partial charge >= 0.3 is 0 Å². The van der Waals surface area contributed by atoms with Crippen molar-refractivity contribution in [1.29, 1.82) is 0 Å². The number of hydrogen-bond donors (Lipinski definition) is 0. The van der Waals surface area contributed by atoms with Gasteiger partial charge in [0.2, 0.25) is 0 Å². The minimum absolute atomic E-state index is 0.0680. The maximum absolute atomic E-state index is 12.6. The van der Waals surface area contributed by atoms with Crippen LogP contribution in [0.1, 0.15) is 5.56 Å². The van der Waals surface area contributed by atoms with Crippen LogP contribution in [-0.2, 0) is 6.54 Å². The molecule has 118 valence electrons. The Labute approximate surface area is 141 Å². The van der Waals surface area contributed by atoms with Gasteiger partial charge in [-0.1, -0.05) is 12.1 Å². The van der Waals surface area contributed by atoms with Crippen LogP contribution in [0.2, 0.25) is 0 Å². The van der Waals surface area contributed by atoms with Gasteiger partial charge in [-0.3, -0.25) is 9.36 Å². The molecule has 1 aromatic heterocycles. The van der Waals surface area contributed by atoms with E-state index in [0.29, 0.717) is 28.9 Å². The van der Waals surface area contributed by atoms with E-state index in [4.69, 9.17) is 9.47 Å². The van der Waals surface area contributed by atoms with Crippen molar-refractivity contribution < 1.29 is 9.47 Å². The second kappa shape index (κ2) is 6.42. The first-order valence-electron chi connectivity index (χ1n) is 6.98. The van der Waals surface area contributed by atoms with Crippen molar-refractivity contribution >= 4 is 26.8 Å². The van der Waals surface area contributed by atoms with Gasteiger partial charge in [0, 0.05) is 0 Å². The molecule has 0 aliphatic heterocycles. The number of rotatable bonds is 4. The van der Waals surface area contributed by atoms with Crippen LogP contribution in [0.25, 0.3) is 10.9 Å². The summed E-state index contributed by atoms with van der Waals surface area (Å²) in [5, 5.41) is 0.606. The number of para-hydroxylation sites is 1. The summed E-state index contributed by atoms with van der Waals surface area (Å²) >= 11 is 3.46. The van der Waals surface area contributed by atoms with E-state index < -0.39 is 0 Å². The molecule has 5 nitrogen and oxygen atoms in total. The van der Waals surface area contributed by atoms with Crippen LogP contribution in [0.15, 0.2) is 52.0 Å². The first kappa shape index (κ1) is 15.6. The fraction of sp³-hybridized carbons (Fsp3) is 0.176. The molecule has 0 amide bonds. The smallest absolute Gasteiger partial charge is 0.261 e. The van der Waals surface area contributed by atoms with Crippen LogP contribution in [0.3, 0.4) is 0 Å². The van der Waals surface area contributed by atoms with E-state index in [-0.39, 0.29) is 5.56 Å². The van der Waals surface area contributed by atoms with E-state index in [2.05, 4.69) is 20.9 Å². The molecule has 0 aliphatic rings. The quantitative estimate of drug-likeness (QED) is 0.703. The molecule has 0 saturated heterocycles. The number of benzene rings is 2. The molecule has 0 radical (unpaired) electrons. The molecule has 23 heavy (non-hydrogen) atoms. The molecule has 1 heterocycles. The van der Waals surface area contributed by atoms with Crippen molar-refractivity contribution in [1.82, 2.24) is 9.55 Å². The highest BCUT2D eigenvalue weighted by Crippen LogP contribution is 2.36. The number of nitrogens with zero attached hydrogens (tertiary/aromatic N) is 2. The summed E-state index contributed by atoms with van der Waals surface area (Å²) < 4.78 is 13.0. The molecule has 0 atom stereocenters. The van der Waals surface area contributed by atoms with Gasteiger partial charge in [-0.25, -0.2) is 4.98 Å². The van der Waals surface area contributed by atoms with Crippen molar-refractivity contribution in [3.63, 3.8) is 0 Å². The Morgan fingerprint density at radius 2 is 1.96 bits per heavy atom. The maximum atomic E-state index is 12.6. The predicted octanol–water partition coefficient (Wildman–Crippen LogP) is 3.22. The molecule has 0 aliphatic carbocycles. The predicted molar refractivity (Wildman–Crippen MR) is 92.4 cm³/mol. The Kier molecular flexibility index (Phi) is 4.34. The van der Waals surface area contributed by atoms with Crippen LogP contribution in [0.5, 0.6) is 11.5 Å². The van der Waals surface area contributed by atoms with Gasteiger partial charge in [-0.2, -0.15) is 0 Å². The summed E-state index contributed by atoms with van der Waals surface area (Å²) in [5.41, 5.74) is 1.54. The molecule has 6 heteroatoms. The first-order valence-corrected chi connectivity index (χ1v) is 7.78. The van der Waals surface area contributed by atoms with Crippen LogP contribution in [0, 0.1) is 0 Å². The first-order chi connectivity index (χ1) is 11.1. The molecule has 2 aromatic carbocycles. The average molecular weight is 375 g/mol. The highest BCUT2D eigenvalue weighted by molar-refractivity contribution is 9.10. The van der Waals surface area contributed by atoms with Crippen LogP contribution < -0.4 is 15.0 Å². The van der Waals surface area contributed by atoms with Gasteiger partial charge in [0.05, 0.1) is 42.5 Å². The summed E-state index contributed by atoms with van der Waals surface area (Å²) in [7, 11) is 3.16. The lowest BCUT2D eigenvalue weighted by molar-refractivity contribution is 0.352. The van der Waals surface area contributed by atoms with Gasteiger partial charge in [0.25, 0.3) is 5.56 Å². The van der Waals surface area contributed by atoms with Gasteiger partial charge < -0.3 is 9.47 Å². The Hall–Kier alpha value is -2.34. The van der Waals surface area contributed by atoms with Crippen molar-refractivity contribution in [2.24, 2.45) is 0 Å². The topological polar surface area (TPSA) is 53.4 Å².